The second-order valence-electron chi connectivity index (χ2n) is 2.62. The minimum absolute atomic E-state index is 0.605. The zero-order chi connectivity index (χ0) is 12.0. The van der Waals surface area contributed by atoms with Gasteiger partial charge in [-0.1, -0.05) is 0 Å². The maximum Gasteiger partial charge on any atom is 0.399 e. The highest BCUT2D eigenvalue weighted by molar-refractivity contribution is 4.97. The predicted molar refractivity (Wildman–Crippen MR) is 28.8 cm³/mol. The normalized spacial score (nSPS) is 15.9. The number of rotatable bonds is 3. The van der Waals surface area contributed by atoms with Crippen LogP contribution in [0.15, 0.2) is 0 Å². The van der Waals surface area contributed by atoms with Crippen molar-refractivity contribution < 1.29 is 40.9 Å². The Labute approximate surface area is 72.9 Å². The van der Waals surface area contributed by atoms with Gasteiger partial charge in [-0.15, -0.1) is 0 Å². The van der Waals surface area contributed by atoms with E-state index in [9.17, 15) is 30.7 Å². The predicted octanol–water partition coefficient (Wildman–Crippen LogP) is 1.52. The summed E-state index contributed by atoms with van der Waals surface area (Å²) in [7, 11) is 0. The van der Waals surface area contributed by atoms with E-state index in [4.69, 9.17) is 10.2 Å². The number of hydrogen-bond donors (Lipinski definition) is 2. The molecule has 0 heterocycles. The highest BCUT2D eigenvalue weighted by atomic mass is 19.3. The number of hydrogen-bond acceptors (Lipinski definition) is 2. The first kappa shape index (κ1) is 13.4. The van der Waals surface area contributed by atoms with Crippen molar-refractivity contribution in [2.75, 3.05) is 0 Å². The first-order valence-corrected chi connectivity index (χ1v) is 3.02. The molecular weight excluding hydrogens is 225 g/mol. The van der Waals surface area contributed by atoms with Crippen LogP contribution in [0.25, 0.3) is 0 Å². The molecule has 0 saturated heterocycles. The Morgan fingerprint density at radius 2 is 1.00 bits per heavy atom. The summed E-state index contributed by atoms with van der Waals surface area (Å²) in [5, 5.41) is 15.1. The molecule has 0 aromatic rings. The summed E-state index contributed by atoms with van der Waals surface area (Å²) in [6.07, 6.45) is 0. The van der Waals surface area contributed by atoms with Crippen LogP contribution in [0.2, 0.25) is 0 Å². The van der Waals surface area contributed by atoms with Gasteiger partial charge < -0.3 is 10.2 Å². The largest absolute Gasteiger partial charge is 0.399 e. The highest BCUT2D eigenvalue weighted by Gasteiger charge is 2.78. The van der Waals surface area contributed by atoms with Crippen molar-refractivity contribution >= 4 is 0 Å². The van der Waals surface area contributed by atoms with E-state index in [1.165, 1.54) is 0 Å². The van der Waals surface area contributed by atoms with Crippen molar-refractivity contribution in [3.05, 3.63) is 0 Å². The zero-order valence-electron chi connectivity index (χ0n) is 6.54. The Kier molecular flexibility index (Phi) is 2.84. The Morgan fingerprint density at radius 3 is 1.07 bits per heavy atom. The van der Waals surface area contributed by atoms with Crippen LogP contribution >= 0.6 is 0 Å². The lowest BCUT2D eigenvalue weighted by atomic mass is 10.0. The lowest BCUT2D eigenvalue weighted by molar-refractivity contribution is -0.438. The topological polar surface area (TPSA) is 40.5 Å². The average Bonchev–Trinajstić information content (AvgIpc) is 1.81. The minimum Gasteiger partial charge on any atom is -0.335 e. The van der Waals surface area contributed by atoms with E-state index in [0.29, 0.717) is 0 Å². The number of alkyl halides is 7. The molecule has 0 saturated carbocycles. The summed E-state index contributed by atoms with van der Waals surface area (Å²) < 4.78 is 84.0. The first-order valence-electron chi connectivity index (χ1n) is 3.02. The van der Waals surface area contributed by atoms with Crippen LogP contribution in [0.4, 0.5) is 30.7 Å². The van der Waals surface area contributed by atoms with Crippen LogP contribution < -0.4 is 0 Å². The fourth-order valence-electron chi connectivity index (χ4n) is 0.475. The summed E-state index contributed by atoms with van der Waals surface area (Å²) in [4.78, 5) is 0. The summed E-state index contributed by atoms with van der Waals surface area (Å²) in [6.45, 7) is -0.605. The first-order chi connectivity index (χ1) is 5.75. The fraction of sp³-hybridized carbons (Fsp3) is 1.00. The zero-order valence-corrected chi connectivity index (χ0v) is 6.54. The van der Waals surface area contributed by atoms with E-state index >= 15 is 0 Å². The molecule has 0 aliphatic rings. The maximum atomic E-state index is 12.1. The van der Waals surface area contributed by atoms with Crippen molar-refractivity contribution in [2.24, 2.45) is 0 Å². The van der Waals surface area contributed by atoms with Crippen LogP contribution in [-0.4, -0.2) is 34.0 Å². The molecule has 0 spiro atoms. The molecule has 2 nitrogen and oxygen atoms in total. The summed E-state index contributed by atoms with van der Waals surface area (Å²) in [5.41, 5.74) is 0. The molecule has 0 radical (unpaired) electrons. The molecule has 0 amide bonds. The van der Waals surface area contributed by atoms with Crippen molar-refractivity contribution in [1.29, 1.82) is 0 Å². The van der Waals surface area contributed by atoms with Gasteiger partial charge in [-0.25, -0.2) is 0 Å². The van der Waals surface area contributed by atoms with Crippen molar-refractivity contribution in [3.63, 3.8) is 0 Å². The second kappa shape index (κ2) is 2.96. The third kappa shape index (κ3) is 1.78. The summed E-state index contributed by atoms with van der Waals surface area (Å²) >= 11 is 0. The van der Waals surface area contributed by atoms with Gasteiger partial charge in [-0.2, -0.15) is 30.7 Å². The molecule has 0 unspecified atom stereocenters. The molecule has 0 aromatic heterocycles. The van der Waals surface area contributed by atoms with Gasteiger partial charge in [0.2, 0.25) is 0 Å². The van der Waals surface area contributed by atoms with E-state index in [1.54, 1.807) is 0 Å². The van der Waals surface area contributed by atoms with Gasteiger partial charge in [-0.3, -0.25) is 0 Å². The van der Waals surface area contributed by atoms with Gasteiger partial charge >= 0.3 is 23.8 Å². The Balaban J connectivity index is 5.30. The van der Waals surface area contributed by atoms with E-state index < -0.39 is 30.7 Å². The van der Waals surface area contributed by atoms with Crippen molar-refractivity contribution in [2.45, 2.75) is 30.7 Å². The molecule has 0 atom stereocenters. The lowest BCUT2D eigenvalue weighted by Gasteiger charge is -2.33. The molecule has 0 aliphatic heterocycles. The maximum absolute atomic E-state index is 12.1. The van der Waals surface area contributed by atoms with Gasteiger partial charge in [0.15, 0.2) is 0 Å². The van der Waals surface area contributed by atoms with Gasteiger partial charge in [-0.05, 0) is 0 Å². The van der Waals surface area contributed by atoms with Crippen LogP contribution in [0.1, 0.15) is 6.92 Å². The van der Waals surface area contributed by atoms with Crippen LogP contribution in [0.3, 0.4) is 0 Å². The summed E-state index contributed by atoms with van der Waals surface area (Å²) in [6, 6.07) is -5.73. The quantitative estimate of drug-likeness (QED) is 0.570. The molecule has 0 fully saturated rings. The van der Waals surface area contributed by atoms with Crippen molar-refractivity contribution in [1.82, 2.24) is 0 Å². The second-order valence-corrected chi connectivity index (χ2v) is 2.62. The van der Waals surface area contributed by atoms with Crippen LogP contribution in [0.5, 0.6) is 0 Å². The fourth-order valence-corrected chi connectivity index (χ4v) is 0.475. The van der Waals surface area contributed by atoms with Gasteiger partial charge in [0.25, 0.3) is 0 Å². The lowest BCUT2D eigenvalue weighted by Crippen LogP contribution is -2.62. The molecule has 14 heavy (non-hydrogen) atoms. The third-order valence-electron chi connectivity index (χ3n) is 1.35. The van der Waals surface area contributed by atoms with Crippen LogP contribution in [-0.2, 0) is 0 Å². The monoisotopic (exact) mass is 230 g/mol. The molecule has 9 heteroatoms. The summed E-state index contributed by atoms with van der Waals surface area (Å²) in [5.74, 6) is -17.9. The Morgan fingerprint density at radius 1 is 0.714 bits per heavy atom. The van der Waals surface area contributed by atoms with Crippen molar-refractivity contribution in [3.8, 4) is 0 Å². The van der Waals surface area contributed by atoms with E-state index in [2.05, 4.69) is 0 Å². The minimum atomic E-state index is -6.32. The highest BCUT2D eigenvalue weighted by Crippen LogP contribution is 2.49. The Hall–Kier alpha value is -0.570. The van der Waals surface area contributed by atoms with E-state index in [-0.39, 0.29) is 0 Å². The third-order valence-corrected chi connectivity index (χ3v) is 1.35. The molecule has 2 N–H and O–H groups in total. The molecule has 0 bridgehead atoms. The van der Waals surface area contributed by atoms with Gasteiger partial charge in [0.05, 0.1) is 0 Å². The molecular formula is C5H5F7O2. The average molecular weight is 230 g/mol. The standard InChI is InChI=1S/C5H5F7O2/c1-2(6,7)3(8,9)4(10,11)5(12,13)14/h13-14H,1H3. The molecule has 0 aliphatic carbocycles. The van der Waals surface area contributed by atoms with E-state index in [1.807, 2.05) is 0 Å². The van der Waals surface area contributed by atoms with E-state index in [0.717, 1.165) is 0 Å². The van der Waals surface area contributed by atoms with Crippen LogP contribution in [0, 0.1) is 0 Å². The Bertz CT molecular complexity index is 189. The van der Waals surface area contributed by atoms with Gasteiger partial charge in [0, 0.05) is 6.92 Å². The SMILES string of the molecule is CC(F)(F)C(F)(F)C(F)(F)C(O)(O)F. The molecule has 0 aromatic carbocycles. The smallest absolute Gasteiger partial charge is 0.335 e. The molecule has 0 rings (SSSR count). The van der Waals surface area contributed by atoms with Gasteiger partial charge in [0.1, 0.15) is 0 Å². The number of halogens is 7. The number of aliphatic hydroxyl groups is 2. The molecule has 86 valence electrons.